The fourth-order valence-corrected chi connectivity index (χ4v) is 2.29. The standard InChI is InChI=1S/C21H18N2O/c1-16-8-2-3-9-17(16)14-22-19-11-5-6-12-20(19)23-15-18-10-4-7-13-21(18)24/h2-15,24H,1H3. The lowest BCUT2D eigenvalue weighted by Crippen LogP contribution is -1.85. The van der Waals surface area contributed by atoms with Gasteiger partial charge in [0, 0.05) is 18.0 Å². The van der Waals surface area contributed by atoms with Crippen LogP contribution in [0, 0.1) is 6.92 Å². The minimum absolute atomic E-state index is 0.210. The van der Waals surface area contributed by atoms with Crippen LogP contribution in [0.5, 0.6) is 5.75 Å². The molecule has 3 aromatic rings. The molecule has 0 fully saturated rings. The van der Waals surface area contributed by atoms with Gasteiger partial charge in [0.25, 0.3) is 0 Å². The first kappa shape index (κ1) is 15.7. The maximum Gasteiger partial charge on any atom is 0.124 e. The third-order valence-corrected chi connectivity index (χ3v) is 3.69. The van der Waals surface area contributed by atoms with Gasteiger partial charge in [-0.15, -0.1) is 0 Å². The normalized spacial score (nSPS) is 11.4. The second kappa shape index (κ2) is 7.38. The summed E-state index contributed by atoms with van der Waals surface area (Å²) >= 11 is 0. The molecule has 0 aromatic heterocycles. The summed E-state index contributed by atoms with van der Waals surface area (Å²) in [6.45, 7) is 2.06. The molecule has 0 heterocycles. The number of nitrogens with zero attached hydrogens (tertiary/aromatic N) is 2. The molecule has 24 heavy (non-hydrogen) atoms. The molecule has 0 amide bonds. The van der Waals surface area contributed by atoms with E-state index in [2.05, 4.69) is 23.0 Å². The van der Waals surface area contributed by atoms with Crippen molar-refractivity contribution >= 4 is 23.8 Å². The summed E-state index contributed by atoms with van der Waals surface area (Å²) in [7, 11) is 0. The second-order valence-corrected chi connectivity index (χ2v) is 5.42. The Hall–Kier alpha value is -3.20. The Morgan fingerprint density at radius 2 is 1.17 bits per heavy atom. The van der Waals surface area contributed by atoms with Gasteiger partial charge in [0.2, 0.25) is 0 Å². The van der Waals surface area contributed by atoms with Crippen molar-refractivity contribution in [3.05, 3.63) is 89.5 Å². The van der Waals surface area contributed by atoms with E-state index >= 15 is 0 Å². The monoisotopic (exact) mass is 314 g/mol. The Kier molecular flexibility index (Phi) is 4.82. The molecule has 0 saturated carbocycles. The van der Waals surface area contributed by atoms with Gasteiger partial charge in [0.05, 0.1) is 11.4 Å². The molecule has 0 aliphatic rings. The molecular weight excluding hydrogens is 296 g/mol. The number of aromatic hydroxyl groups is 1. The number of aliphatic imine (C=N–C) groups is 2. The predicted octanol–water partition coefficient (Wildman–Crippen LogP) is 5.20. The van der Waals surface area contributed by atoms with E-state index in [-0.39, 0.29) is 5.75 Å². The van der Waals surface area contributed by atoms with E-state index in [0.29, 0.717) is 5.56 Å². The highest BCUT2D eigenvalue weighted by molar-refractivity contribution is 5.88. The van der Waals surface area contributed by atoms with E-state index in [0.717, 1.165) is 16.9 Å². The van der Waals surface area contributed by atoms with E-state index in [4.69, 9.17) is 0 Å². The Balaban J connectivity index is 1.89. The Labute approximate surface area is 141 Å². The van der Waals surface area contributed by atoms with E-state index in [1.54, 1.807) is 18.3 Å². The van der Waals surface area contributed by atoms with Crippen molar-refractivity contribution in [2.24, 2.45) is 9.98 Å². The summed E-state index contributed by atoms with van der Waals surface area (Å²) in [6.07, 6.45) is 3.50. The third kappa shape index (κ3) is 3.76. The Morgan fingerprint density at radius 1 is 0.667 bits per heavy atom. The highest BCUT2D eigenvalue weighted by atomic mass is 16.3. The van der Waals surface area contributed by atoms with Crippen LogP contribution in [-0.4, -0.2) is 17.5 Å². The van der Waals surface area contributed by atoms with E-state index in [9.17, 15) is 5.11 Å². The molecule has 3 heteroatoms. The topological polar surface area (TPSA) is 45.0 Å². The summed E-state index contributed by atoms with van der Waals surface area (Å²) in [6, 6.07) is 22.9. The van der Waals surface area contributed by atoms with Crippen LogP contribution in [0.15, 0.2) is 82.8 Å². The molecule has 0 atom stereocenters. The van der Waals surface area contributed by atoms with Crippen LogP contribution < -0.4 is 0 Å². The Bertz CT molecular complexity index is 823. The lowest BCUT2D eigenvalue weighted by atomic mass is 10.1. The van der Waals surface area contributed by atoms with Crippen LogP contribution in [0.3, 0.4) is 0 Å². The molecule has 0 spiro atoms. The summed E-state index contributed by atoms with van der Waals surface area (Å²) < 4.78 is 0. The first-order chi connectivity index (χ1) is 11.7. The average molecular weight is 314 g/mol. The van der Waals surface area contributed by atoms with Crippen LogP contribution in [-0.2, 0) is 0 Å². The van der Waals surface area contributed by atoms with Crippen LogP contribution in [0.4, 0.5) is 11.4 Å². The first-order valence-corrected chi connectivity index (χ1v) is 7.75. The first-order valence-electron chi connectivity index (χ1n) is 7.75. The van der Waals surface area contributed by atoms with Gasteiger partial charge in [-0.1, -0.05) is 48.5 Å². The van der Waals surface area contributed by atoms with Crippen molar-refractivity contribution in [1.29, 1.82) is 0 Å². The number of hydrogen-bond donors (Lipinski definition) is 1. The number of benzene rings is 3. The zero-order chi connectivity index (χ0) is 16.8. The Morgan fingerprint density at radius 3 is 1.79 bits per heavy atom. The fraction of sp³-hybridized carbons (Fsp3) is 0.0476. The van der Waals surface area contributed by atoms with Crippen LogP contribution in [0.1, 0.15) is 16.7 Å². The minimum atomic E-state index is 0.210. The largest absolute Gasteiger partial charge is 0.507 e. The molecule has 3 aromatic carbocycles. The molecule has 0 unspecified atom stereocenters. The highest BCUT2D eigenvalue weighted by Gasteiger charge is 2.00. The number of hydrogen-bond acceptors (Lipinski definition) is 3. The molecule has 0 aliphatic heterocycles. The fourth-order valence-electron chi connectivity index (χ4n) is 2.29. The van der Waals surface area contributed by atoms with Crippen molar-refractivity contribution in [2.75, 3.05) is 0 Å². The molecule has 0 aliphatic carbocycles. The zero-order valence-electron chi connectivity index (χ0n) is 13.4. The quantitative estimate of drug-likeness (QED) is 0.661. The minimum Gasteiger partial charge on any atom is -0.507 e. The lowest BCUT2D eigenvalue weighted by Gasteiger charge is -2.02. The van der Waals surface area contributed by atoms with Gasteiger partial charge >= 0.3 is 0 Å². The maximum absolute atomic E-state index is 9.82. The summed E-state index contributed by atoms with van der Waals surface area (Å²) in [5.41, 5.74) is 4.47. The van der Waals surface area contributed by atoms with E-state index in [1.165, 1.54) is 5.56 Å². The molecule has 3 rings (SSSR count). The number of aryl methyl sites for hydroxylation is 1. The van der Waals surface area contributed by atoms with Gasteiger partial charge in [-0.3, -0.25) is 9.98 Å². The van der Waals surface area contributed by atoms with Gasteiger partial charge < -0.3 is 5.11 Å². The van der Waals surface area contributed by atoms with Gasteiger partial charge in [-0.2, -0.15) is 0 Å². The van der Waals surface area contributed by atoms with Crippen molar-refractivity contribution < 1.29 is 5.11 Å². The van der Waals surface area contributed by atoms with Gasteiger partial charge in [-0.25, -0.2) is 0 Å². The zero-order valence-corrected chi connectivity index (χ0v) is 13.4. The van der Waals surface area contributed by atoms with Crippen LogP contribution >= 0.6 is 0 Å². The lowest BCUT2D eigenvalue weighted by molar-refractivity contribution is 0.474. The number of rotatable bonds is 4. The molecule has 1 N–H and O–H groups in total. The number of phenolic OH excluding ortho intramolecular Hbond substituents is 1. The van der Waals surface area contributed by atoms with Gasteiger partial charge in [-0.05, 0) is 42.3 Å². The molecule has 0 saturated heterocycles. The molecular formula is C21H18N2O. The highest BCUT2D eigenvalue weighted by Crippen LogP contribution is 2.27. The van der Waals surface area contributed by atoms with Crippen molar-refractivity contribution in [3.63, 3.8) is 0 Å². The van der Waals surface area contributed by atoms with Crippen molar-refractivity contribution in [1.82, 2.24) is 0 Å². The number of phenols is 1. The molecule has 0 radical (unpaired) electrons. The van der Waals surface area contributed by atoms with Gasteiger partial charge in [0.15, 0.2) is 0 Å². The summed E-state index contributed by atoms with van der Waals surface area (Å²) in [5.74, 6) is 0.210. The molecule has 118 valence electrons. The predicted molar refractivity (Wildman–Crippen MR) is 100 cm³/mol. The molecule has 3 nitrogen and oxygen atoms in total. The summed E-state index contributed by atoms with van der Waals surface area (Å²) in [5, 5.41) is 9.82. The third-order valence-electron chi connectivity index (χ3n) is 3.69. The van der Waals surface area contributed by atoms with Crippen LogP contribution in [0.25, 0.3) is 0 Å². The average Bonchev–Trinajstić information content (AvgIpc) is 2.61. The van der Waals surface area contributed by atoms with Crippen molar-refractivity contribution in [3.8, 4) is 5.75 Å². The smallest absolute Gasteiger partial charge is 0.124 e. The molecule has 0 bridgehead atoms. The van der Waals surface area contributed by atoms with Crippen molar-refractivity contribution in [2.45, 2.75) is 6.92 Å². The van der Waals surface area contributed by atoms with Gasteiger partial charge in [0.1, 0.15) is 5.75 Å². The summed E-state index contributed by atoms with van der Waals surface area (Å²) in [4.78, 5) is 9.04. The van der Waals surface area contributed by atoms with Crippen LogP contribution in [0.2, 0.25) is 0 Å². The second-order valence-electron chi connectivity index (χ2n) is 5.42. The number of para-hydroxylation sites is 3. The van der Waals surface area contributed by atoms with E-state index in [1.807, 2.05) is 60.8 Å². The maximum atomic E-state index is 9.82. The SMILES string of the molecule is Cc1ccccc1C=Nc1ccccc1N=Cc1ccccc1O. The van der Waals surface area contributed by atoms with E-state index < -0.39 is 0 Å².